The molecule has 1 fully saturated rings. The number of fused-ring (bicyclic) bond motifs is 2. The minimum Gasteiger partial charge on any atom is -0.377 e. The third kappa shape index (κ3) is 2.22. The van der Waals surface area contributed by atoms with Gasteiger partial charge < -0.3 is 9.64 Å². The van der Waals surface area contributed by atoms with Crippen molar-refractivity contribution in [3.05, 3.63) is 47.2 Å². The van der Waals surface area contributed by atoms with Crippen LogP contribution in [0.1, 0.15) is 36.3 Å². The van der Waals surface area contributed by atoms with E-state index in [1.807, 2.05) is 19.1 Å². The normalized spacial score (nSPS) is 18.1. The average molecular weight is 313 g/mol. The van der Waals surface area contributed by atoms with Crippen LogP contribution in [-0.2, 0) is 16.8 Å². The van der Waals surface area contributed by atoms with Gasteiger partial charge in [-0.25, -0.2) is 14.4 Å². The van der Waals surface area contributed by atoms with Gasteiger partial charge >= 0.3 is 0 Å². The molecule has 120 valence electrons. The third-order valence-electron chi connectivity index (χ3n) is 5.02. The highest BCUT2D eigenvalue weighted by Crippen LogP contribution is 2.54. The summed E-state index contributed by atoms with van der Waals surface area (Å²) in [6.45, 7) is 3.13. The first-order valence-corrected chi connectivity index (χ1v) is 8.03. The molecule has 1 aliphatic heterocycles. The van der Waals surface area contributed by atoms with Gasteiger partial charge in [-0.2, -0.15) is 0 Å². The Morgan fingerprint density at radius 3 is 2.83 bits per heavy atom. The minimum atomic E-state index is -0.0902. The number of aromatic nitrogens is 2. The van der Waals surface area contributed by atoms with Gasteiger partial charge in [0.25, 0.3) is 0 Å². The van der Waals surface area contributed by atoms with E-state index in [9.17, 15) is 4.39 Å². The lowest BCUT2D eigenvalue weighted by atomic mass is 9.65. The smallest absolute Gasteiger partial charge is 0.156 e. The Hall–Kier alpha value is -2.01. The van der Waals surface area contributed by atoms with Crippen molar-refractivity contribution in [1.82, 2.24) is 9.97 Å². The quantitative estimate of drug-likeness (QED) is 0.867. The SMILES string of the molecule is COCc1nc(C)cc(N2CC3(CCC3)c3c(F)cccc32)n1. The van der Waals surface area contributed by atoms with Crippen LogP contribution in [0.15, 0.2) is 24.3 Å². The summed E-state index contributed by atoms with van der Waals surface area (Å²) in [5.41, 5.74) is 2.68. The molecule has 5 heteroatoms. The van der Waals surface area contributed by atoms with Crippen molar-refractivity contribution in [3.63, 3.8) is 0 Å². The Bertz CT molecular complexity index is 758. The first-order valence-electron chi connectivity index (χ1n) is 8.03. The fourth-order valence-electron chi connectivity index (χ4n) is 3.89. The van der Waals surface area contributed by atoms with Crippen LogP contribution < -0.4 is 4.90 Å². The van der Waals surface area contributed by atoms with Crippen LogP contribution in [-0.4, -0.2) is 23.6 Å². The van der Waals surface area contributed by atoms with Crippen molar-refractivity contribution >= 4 is 11.5 Å². The predicted molar refractivity (Wildman–Crippen MR) is 86.4 cm³/mol. The maximum atomic E-state index is 14.5. The van der Waals surface area contributed by atoms with E-state index in [0.29, 0.717) is 12.4 Å². The van der Waals surface area contributed by atoms with Crippen molar-refractivity contribution in [1.29, 1.82) is 0 Å². The van der Waals surface area contributed by atoms with Gasteiger partial charge in [-0.3, -0.25) is 0 Å². The second-order valence-corrected chi connectivity index (χ2v) is 6.57. The fourth-order valence-corrected chi connectivity index (χ4v) is 3.89. The molecule has 0 bridgehead atoms. The molecule has 0 unspecified atom stereocenters. The molecule has 1 saturated carbocycles. The van der Waals surface area contributed by atoms with Crippen molar-refractivity contribution in [2.24, 2.45) is 0 Å². The number of anilines is 2. The molecule has 4 rings (SSSR count). The second kappa shape index (κ2) is 5.27. The number of hydrogen-bond acceptors (Lipinski definition) is 4. The Balaban J connectivity index is 1.81. The molecule has 0 radical (unpaired) electrons. The average Bonchev–Trinajstić information content (AvgIpc) is 2.84. The lowest BCUT2D eigenvalue weighted by Crippen LogP contribution is -2.38. The molecule has 1 aromatic carbocycles. The van der Waals surface area contributed by atoms with Gasteiger partial charge in [-0.05, 0) is 31.9 Å². The van der Waals surface area contributed by atoms with E-state index in [-0.39, 0.29) is 11.2 Å². The van der Waals surface area contributed by atoms with Crippen molar-refractivity contribution in [2.45, 2.75) is 38.2 Å². The summed E-state index contributed by atoms with van der Waals surface area (Å²) in [6, 6.07) is 7.32. The molecule has 2 aromatic rings. The number of aryl methyl sites for hydroxylation is 1. The third-order valence-corrected chi connectivity index (χ3v) is 5.02. The molecule has 0 amide bonds. The number of ether oxygens (including phenoxy) is 1. The van der Waals surface area contributed by atoms with E-state index in [1.165, 1.54) is 6.42 Å². The fraction of sp³-hybridized carbons (Fsp3) is 0.444. The largest absolute Gasteiger partial charge is 0.377 e. The summed E-state index contributed by atoms with van der Waals surface area (Å²) in [7, 11) is 1.63. The number of nitrogens with zero attached hydrogens (tertiary/aromatic N) is 3. The summed E-state index contributed by atoms with van der Waals surface area (Å²) >= 11 is 0. The molecular formula is C18H20FN3O. The Morgan fingerprint density at radius 1 is 1.30 bits per heavy atom. The Morgan fingerprint density at radius 2 is 2.13 bits per heavy atom. The highest BCUT2D eigenvalue weighted by atomic mass is 19.1. The van der Waals surface area contributed by atoms with Crippen molar-refractivity contribution < 1.29 is 9.13 Å². The maximum Gasteiger partial charge on any atom is 0.156 e. The molecule has 0 saturated heterocycles. The molecule has 23 heavy (non-hydrogen) atoms. The highest BCUT2D eigenvalue weighted by Gasteiger charge is 2.49. The highest BCUT2D eigenvalue weighted by molar-refractivity contribution is 5.71. The summed E-state index contributed by atoms with van der Waals surface area (Å²) in [6.07, 6.45) is 3.26. The van der Waals surface area contributed by atoms with Gasteiger partial charge in [0.15, 0.2) is 5.82 Å². The molecule has 1 aromatic heterocycles. The van der Waals surface area contributed by atoms with Crippen LogP contribution in [0, 0.1) is 12.7 Å². The summed E-state index contributed by atoms with van der Waals surface area (Å²) in [5.74, 6) is 1.41. The van der Waals surface area contributed by atoms with Crippen LogP contribution in [0.5, 0.6) is 0 Å². The molecule has 1 aliphatic carbocycles. The van der Waals surface area contributed by atoms with Gasteiger partial charge in [-0.1, -0.05) is 12.5 Å². The molecule has 0 atom stereocenters. The van der Waals surface area contributed by atoms with Crippen LogP contribution >= 0.6 is 0 Å². The van der Waals surface area contributed by atoms with E-state index in [4.69, 9.17) is 4.74 Å². The number of rotatable bonds is 3. The number of hydrogen-bond donors (Lipinski definition) is 0. The lowest BCUT2D eigenvalue weighted by Gasteiger charge is -2.39. The van der Waals surface area contributed by atoms with Crippen LogP contribution in [0.3, 0.4) is 0 Å². The van der Waals surface area contributed by atoms with Gasteiger partial charge in [0, 0.05) is 42.1 Å². The zero-order valence-corrected chi connectivity index (χ0v) is 13.5. The molecule has 0 N–H and O–H groups in total. The van der Waals surface area contributed by atoms with Crippen LogP contribution in [0.4, 0.5) is 15.9 Å². The van der Waals surface area contributed by atoms with Crippen LogP contribution in [0.2, 0.25) is 0 Å². The Kier molecular flexibility index (Phi) is 3.34. The van der Waals surface area contributed by atoms with E-state index in [2.05, 4.69) is 14.9 Å². The van der Waals surface area contributed by atoms with Crippen molar-refractivity contribution in [3.8, 4) is 0 Å². The molecule has 2 aliphatic rings. The zero-order chi connectivity index (χ0) is 16.0. The van der Waals surface area contributed by atoms with Gasteiger partial charge in [0.1, 0.15) is 18.2 Å². The Labute approximate surface area is 135 Å². The zero-order valence-electron chi connectivity index (χ0n) is 13.5. The summed E-state index contributed by atoms with van der Waals surface area (Å²) < 4.78 is 19.7. The molecule has 1 spiro atoms. The van der Waals surface area contributed by atoms with Gasteiger partial charge in [-0.15, -0.1) is 0 Å². The molecule has 4 nitrogen and oxygen atoms in total. The van der Waals surface area contributed by atoms with E-state index in [1.54, 1.807) is 19.2 Å². The number of halogens is 1. The van der Waals surface area contributed by atoms with E-state index >= 15 is 0 Å². The topological polar surface area (TPSA) is 38.2 Å². The molecular weight excluding hydrogens is 293 g/mol. The summed E-state index contributed by atoms with van der Waals surface area (Å²) in [5, 5.41) is 0. The second-order valence-electron chi connectivity index (χ2n) is 6.57. The van der Waals surface area contributed by atoms with Gasteiger partial charge in [0.05, 0.1) is 0 Å². The lowest BCUT2D eigenvalue weighted by molar-refractivity contribution is 0.177. The van der Waals surface area contributed by atoms with Crippen LogP contribution in [0.25, 0.3) is 0 Å². The van der Waals surface area contributed by atoms with Crippen molar-refractivity contribution in [2.75, 3.05) is 18.6 Å². The van der Waals surface area contributed by atoms with E-state index < -0.39 is 0 Å². The molecule has 2 heterocycles. The minimum absolute atomic E-state index is 0.0407. The van der Waals surface area contributed by atoms with Gasteiger partial charge in [0.2, 0.25) is 0 Å². The monoisotopic (exact) mass is 313 g/mol. The first kappa shape index (κ1) is 14.6. The maximum absolute atomic E-state index is 14.5. The standard InChI is InChI=1S/C18H20FN3O/c1-12-9-16(21-15(20-12)10-23-2)22-11-18(7-4-8-18)17-13(19)5-3-6-14(17)22/h3,5-6,9H,4,7-8,10-11H2,1-2H3. The number of methoxy groups -OCH3 is 1. The van der Waals surface area contributed by atoms with E-state index in [0.717, 1.165) is 42.1 Å². The summed E-state index contributed by atoms with van der Waals surface area (Å²) in [4.78, 5) is 11.2. The first-order chi connectivity index (χ1) is 11.1. The number of benzene rings is 1. The predicted octanol–water partition coefficient (Wildman–Crippen LogP) is 3.64.